The summed E-state index contributed by atoms with van der Waals surface area (Å²) >= 11 is 0. The minimum atomic E-state index is -0.0146. The van der Waals surface area contributed by atoms with Crippen LogP contribution in [0.1, 0.15) is 35.3 Å². The van der Waals surface area contributed by atoms with Gasteiger partial charge in [-0.3, -0.25) is 9.78 Å². The highest BCUT2D eigenvalue weighted by molar-refractivity contribution is 5.95. The van der Waals surface area contributed by atoms with Gasteiger partial charge in [-0.25, -0.2) is 0 Å². The van der Waals surface area contributed by atoms with E-state index in [9.17, 15) is 4.79 Å². The predicted octanol–water partition coefficient (Wildman–Crippen LogP) is 5.38. The van der Waals surface area contributed by atoms with Crippen molar-refractivity contribution in [2.24, 2.45) is 0 Å². The van der Waals surface area contributed by atoms with Crippen LogP contribution >= 0.6 is 0 Å². The van der Waals surface area contributed by atoms with E-state index in [0.29, 0.717) is 29.4 Å². The highest BCUT2D eigenvalue weighted by atomic mass is 16.5. The van der Waals surface area contributed by atoms with Crippen molar-refractivity contribution in [2.45, 2.75) is 27.3 Å². The number of benzene rings is 2. The van der Waals surface area contributed by atoms with E-state index >= 15 is 0 Å². The Morgan fingerprint density at radius 3 is 2.12 bits per heavy atom. The molecule has 0 saturated carbocycles. The van der Waals surface area contributed by atoms with Crippen LogP contribution in [0, 0.1) is 6.92 Å². The lowest BCUT2D eigenvalue weighted by atomic mass is 10.1. The van der Waals surface area contributed by atoms with Crippen LogP contribution in [0.25, 0.3) is 11.3 Å². The standard InChI is InChI=1S/C24H26N2O4.C2H6/c1-16-8-6-7-9-19(16)24(27)26(2)15-17-10-11-25-20(12-17)18-13-21(28-3)23(30-5)22(14-18)29-4;1-2/h6-14H,15H2,1-5H3;1-2H3. The Labute approximate surface area is 190 Å². The van der Waals surface area contributed by atoms with Gasteiger partial charge in [0.25, 0.3) is 5.91 Å². The number of aryl methyl sites for hydroxylation is 1. The number of nitrogens with zero attached hydrogens (tertiary/aromatic N) is 2. The molecule has 0 aliphatic carbocycles. The fourth-order valence-electron chi connectivity index (χ4n) is 3.32. The van der Waals surface area contributed by atoms with Crippen LogP contribution in [0.2, 0.25) is 0 Å². The summed E-state index contributed by atoms with van der Waals surface area (Å²) < 4.78 is 16.3. The number of aromatic nitrogens is 1. The molecule has 3 aromatic rings. The summed E-state index contributed by atoms with van der Waals surface area (Å²) in [7, 11) is 6.53. The first-order chi connectivity index (χ1) is 15.5. The summed E-state index contributed by atoms with van der Waals surface area (Å²) in [5, 5.41) is 0. The second-order valence-electron chi connectivity index (χ2n) is 6.94. The number of hydrogen-bond acceptors (Lipinski definition) is 5. The topological polar surface area (TPSA) is 60.9 Å². The summed E-state index contributed by atoms with van der Waals surface area (Å²) in [4.78, 5) is 19.0. The fraction of sp³-hybridized carbons (Fsp3) is 0.308. The quantitative estimate of drug-likeness (QED) is 0.498. The van der Waals surface area contributed by atoms with E-state index in [1.807, 2.05) is 69.3 Å². The zero-order chi connectivity index (χ0) is 23.7. The molecule has 0 aliphatic rings. The molecule has 0 fully saturated rings. The highest BCUT2D eigenvalue weighted by Gasteiger charge is 2.17. The average Bonchev–Trinajstić information content (AvgIpc) is 2.84. The molecule has 0 aliphatic heterocycles. The van der Waals surface area contributed by atoms with Gasteiger partial charge in [0.1, 0.15) is 0 Å². The first-order valence-electron chi connectivity index (χ1n) is 10.5. The van der Waals surface area contributed by atoms with E-state index in [0.717, 1.165) is 22.4 Å². The number of amides is 1. The monoisotopic (exact) mass is 436 g/mol. The summed E-state index contributed by atoms with van der Waals surface area (Å²) in [5.41, 5.74) is 4.22. The van der Waals surface area contributed by atoms with Gasteiger partial charge in [0, 0.05) is 30.9 Å². The smallest absolute Gasteiger partial charge is 0.254 e. The summed E-state index contributed by atoms with van der Waals surface area (Å²) in [6.45, 7) is 6.41. The van der Waals surface area contributed by atoms with Crippen LogP contribution in [0.5, 0.6) is 17.2 Å². The Hall–Kier alpha value is -3.54. The highest BCUT2D eigenvalue weighted by Crippen LogP contribution is 2.40. The first kappa shape index (κ1) is 24.7. The number of methoxy groups -OCH3 is 3. The molecule has 32 heavy (non-hydrogen) atoms. The minimum absolute atomic E-state index is 0.0146. The molecule has 1 amide bonds. The van der Waals surface area contributed by atoms with Crippen LogP contribution in [-0.4, -0.2) is 44.2 Å². The molecule has 2 aromatic carbocycles. The maximum atomic E-state index is 12.8. The van der Waals surface area contributed by atoms with Crippen LogP contribution < -0.4 is 14.2 Å². The van der Waals surface area contributed by atoms with Gasteiger partial charge in [-0.15, -0.1) is 0 Å². The van der Waals surface area contributed by atoms with Gasteiger partial charge in [0.05, 0.1) is 27.0 Å². The molecule has 0 bridgehead atoms. The maximum Gasteiger partial charge on any atom is 0.254 e. The van der Waals surface area contributed by atoms with Crippen LogP contribution in [0.4, 0.5) is 0 Å². The van der Waals surface area contributed by atoms with E-state index in [-0.39, 0.29) is 5.91 Å². The van der Waals surface area contributed by atoms with Crippen molar-refractivity contribution in [3.63, 3.8) is 0 Å². The lowest BCUT2D eigenvalue weighted by molar-refractivity contribution is 0.0784. The third-order valence-electron chi connectivity index (χ3n) is 4.93. The van der Waals surface area contributed by atoms with E-state index < -0.39 is 0 Å². The molecular weight excluding hydrogens is 404 g/mol. The zero-order valence-electron chi connectivity index (χ0n) is 19.9. The Morgan fingerprint density at radius 2 is 1.56 bits per heavy atom. The molecule has 0 spiro atoms. The third kappa shape index (κ3) is 5.58. The van der Waals surface area contributed by atoms with Crippen LogP contribution in [0.15, 0.2) is 54.7 Å². The second-order valence-corrected chi connectivity index (χ2v) is 6.94. The van der Waals surface area contributed by atoms with Gasteiger partial charge in [-0.2, -0.15) is 0 Å². The van der Waals surface area contributed by atoms with Crippen molar-refractivity contribution in [3.05, 3.63) is 71.4 Å². The molecule has 0 saturated heterocycles. The number of rotatable bonds is 7. The zero-order valence-corrected chi connectivity index (χ0v) is 19.9. The van der Waals surface area contributed by atoms with Crippen molar-refractivity contribution in [1.29, 1.82) is 0 Å². The number of carbonyl (C=O) groups excluding carboxylic acids is 1. The summed E-state index contributed by atoms with van der Waals surface area (Å²) in [6.07, 6.45) is 1.74. The second kappa shape index (κ2) is 11.7. The molecule has 3 rings (SSSR count). The molecule has 0 radical (unpaired) electrons. The van der Waals surface area contributed by atoms with Gasteiger partial charge >= 0.3 is 0 Å². The van der Waals surface area contributed by atoms with Crippen molar-refractivity contribution >= 4 is 5.91 Å². The minimum Gasteiger partial charge on any atom is -0.493 e. The van der Waals surface area contributed by atoms with Crippen molar-refractivity contribution in [1.82, 2.24) is 9.88 Å². The Morgan fingerprint density at radius 1 is 0.938 bits per heavy atom. The molecule has 0 unspecified atom stereocenters. The predicted molar refractivity (Wildman–Crippen MR) is 128 cm³/mol. The molecule has 170 valence electrons. The van der Waals surface area contributed by atoms with Crippen molar-refractivity contribution in [3.8, 4) is 28.5 Å². The molecule has 6 nitrogen and oxygen atoms in total. The Kier molecular flexibility index (Phi) is 9.08. The van der Waals surface area contributed by atoms with Gasteiger partial charge in [-0.1, -0.05) is 32.0 Å². The number of pyridine rings is 1. The van der Waals surface area contributed by atoms with Gasteiger partial charge in [-0.05, 0) is 48.4 Å². The lowest BCUT2D eigenvalue weighted by Crippen LogP contribution is -2.26. The van der Waals surface area contributed by atoms with Crippen LogP contribution in [0.3, 0.4) is 0 Å². The average molecular weight is 437 g/mol. The summed E-state index contributed by atoms with van der Waals surface area (Å²) in [5.74, 6) is 1.64. The van der Waals surface area contributed by atoms with E-state index in [4.69, 9.17) is 14.2 Å². The number of ether oxygens (including phenoxy) is 3. The molecule has 0 atom stereocenters. The number of hydrogen-bond donors (Lipinski definition) is 0. The maximum absolute atomic E-state index is 12.8. The van der Waals surface area contributed by atoms with Crippen molar-refractivity contribution in [2.75, 3.05) is 28.4 Å². The first-order valence-corrected chi connectivity index (χ1v) is 10.5. The molecule has 6 heteroatoms. The van der Waals surface area contributed by atoms with E-state index in [1.54, 1.807) is 39.5 Å². The molecule has 1 aromatic heterocycles. The van der Waals surface area contributed by atoms with Gasteiger partial charge < -0.3 is 19.1 Å². The summed E-state index contributed by atoms with van der Waals surface area (Å²) in [6, 6.07) is 15.2. The molecular formula is C26H32N2O4. The third-order valence-corrected chi connectivity index (χ3v) is 4.93. The van der Waals surface area contributed by atoms with E-state index in [1.165, 1.54) is 0 Å². The van der Waals surface area contributed by atoms with Crippen LogP contribution in [-0.2, 0) is 6.54 Å². The largest absolute Gasteiger partial charge is 0.493 e. The molecule has 1 heterocycles. The fourth-order valence-corrected chi connectivity index (χ4v) is 3.32. The molecule has 0 N–H and O–H groups in total. The van der Waals surface area contributed by atoms with E-state index in [2.05, 4.69) is 4.98 Å². The van der Waals surface area contributed by atoms with Gasteiger partial charge in [0.15, 0.2) is 11.5 Å². The van der Waals surface area contributed by atoms with Crippen molar-refractivity contribution < 1.29 is 19.0 Å². The number of carbonyl (C=O) groups is 1. The Balaban J connectivity index is 0.00000176. The van der Waals surface area contributed by atoms with Gasteiger partial charge in [0.2, 0.25) is 5.75 Å². The Bertz CT molecular complexity index is 1020. The SMILES string of the molecule is CC.COc1cc(-c2cc(CN(C)C(=O)c3ccccc3C)ccn2)cc(OC)c1OC. The lowest BCUT2D eigenvalue weighted by Gasteiger charge is -2.19. The normalized spacial score (nSPS) is 9.97.